The van der Waals surface area contributed by atoms with Crippen molar-refractivity contribution in [1.82, 2.24) is 15.5 Å². The molecule has 17 heavy (non-hydrogen) atoms. The molecule has 0 radical (unpaired) electrons. The third kappa shape index (κ3) is 5.51. The third-order valence-corrected chi connectivity index (χ3v) is 2.42. The zero-order valence-corrected chi connectivity index (χ0v) is 10.7. The predicted molar refractivity (Wildman–Crippen MR) is 66.6 cm³/mol. The van der Waals surface area contributed by atoms with Crippen LogP contribution in [0.15, 0.2) is 22.8 Å². The summed E-state index contributed by atoms with van der Waals surface area (Å²) < 4.78 is 5.13. The minimum atomic E-state index is -0.190. The van der Waals surface area contributed by atoms with Crippen LogP contribution in [0, 0.1) is 0 Å². The highest BCUT2D eigenvalue weighted by molar-refractivity contribution is 5.81. The van der Waals surface area contributed by atoms with Gasteiger partial charge in [0.2, 0.25) is 5.91 Å². The van der Waals surface area contributed by atoms with Crippen LogP contribution in [0.4, 0.5) is 0 Å². The summed E-state index contributed by atoms with van der Waals surface area (Å²) in [5, 5.41) is 5.97. The second-order valence-electron chi connectivity index (χ2n) is 4.28. The van der Waals surface area contributed by atoms with E-state index in [1.807, 2.05) is 27.1 Å². The number of hydrogen-bond donors (Lipinski definition) is 2. The van der Waals surface area contributed by atoms with Gasteiger partial charge in [-0.25, -0.2) is 0 Å². The quantitative estimate of drug-likeness (QED) is 0.725. The molecular formula is C12H21N3O2. The molecule has 0 spiro atoms. The lowest BCUT2D eigenvalue weighted by atomic mass is 10.3. The highest BCUT2D eigenvalue weighted by atomic mass is 16.3. The van der Waals surface area contributed by atoms with E-state index in [1.165, 1.54) is 0 Å². The third-order valence-electron chi connectivity index (χ3n) is 2.42. The van der Waals surface area contributed by atoms with Gasteiger partial charge in [0.15, 0.2) is 0 Å². The molecule has 0 aliphatic heterocycles. The molecule has 1 heterocycles. The predicted octanol–water partition coefficient (Wildman–Crippen LogP) is 0.436. The molecule has 0 bridgehead atoms. The first-order valence-electron chi connectivity index (χ1n) is 5.78. The van der Waals surface area contributed by atoms with E-state index in [2.05, 4.69) is 15.5 Å². The lowest BCUT2D eigenvalue weighted by molar-refractivity contribution is -0.123. The van der Waals surface area contributed by atoms with E-state index in [1.54, 1.807) is 12.3 Å². The number of carbonyl (C=O) groups excluding carboxylic acids is 1. The molecule has 1 aromatic rings. The summed E-state index contributed by atoms with van der Waals surface area (Å²) >= 11 is 0. The molecule has 96 valence electrons. The van der Waals surface area contributed by atoms with E-state index >= 15 is 0 Å². The molecule has 0 saturated carbocycles. The van der Waals surface area contributed by atoms with E-state index in [9.17, 15) is 4.79 Å². The van der Waals surface area contributed by atoms with Gasteiger partial charge in [0.1, 0.15) is 5.76 Å². The normalized spacial score (nSPS) is 12.7. The van der Waals surface area contributed by atoms with Gasteiger partial charge >= 0.3 is 0 Å². The van der Waals surface area contributed by atoms with Crippen molar-refractivity contribution in [3.05, 3.63) is 24.2 Å². The van der Waals surface area contributed by atoms with Crippen molar-refractivity contribution in [3.63, 3.8) is 0 Å². The Balaban J connectivity index is 2.18. The van der Waals surface area contributed by atoms with Gasteiger partial charge in [-0.2, -0.15) is 0 Å². The molecule has 5 heteroatoms. The largest absolute Gasteiger partial charge is 0.467 e. The standard InChI is InChI=1S/C12H21N3O2/c1-10(13-6-7-15(2)3)12(16)14-9-11-5-4-8-17-11/h4-5,8,10,13H,6-7,9H2,1-3H3,(H,14,16)/t10-/m0/s1. The smallest absolute Gasteiger partial charge is 0.237 e. The maximum Gasteiger partial charge on any atom is 0.237 e. The number of furan rings is 1. The fourth-order valence-electron chi connectivity index (χ4n) is 1.34. The summed E-state index contributed by atoms with van der Waals surface area (Å²) in [7, 11) is 4.01. The Morgan fingerprint density at radius 2 is 2.29 bits per heavy atom. The fourth-order valence-corrected chi connectivity index (χ4v) is 1.34. The van der Waals surface area contributed by atoms with Crippen LogP contribution < -0.4 is 10.6 Å². The van der Waals surface area contributed by atoms with Crippen molar-refractivity contribution in [3.8, 4) is 0 Å². The monoisotopic (exact) mass is 239 g/mol. The van der Waals surface area contributed by atoms with Crippen LogP contribution in [0.5, 0.6) is 0 Å². The molecule has 0 aliphatic rings. The van der Waals surface area contributed by atoms with Gasteiger partial charge in [-0.1, -0.05) is 0 Å². The van der Waals surface area contributed by atoms with Crippen molar-refractivity contribution < 1.29 is 9.21 Å². The van der Waals surface area contributed by atoms with Crippen LogP contribution in [-0.4, -0.2) is 44.0 Å². The minimum Gasteiger partial charge on any atom is -0.467 e. The lowest BCUT2D eigenvalue weighted by Gasteiger charge is -2.15. The summed E-state index contributed by atoms with van der Waals surface area (Å²) in [5.41, 5.74) is 0. The Kier molecular flexibility index (Phi) is 5.72. The van der Waals surface area contributed by atoms with Gasteiger partial charge in [0.05, 0.1) is 18.8 Å². The SMILES string of the molecule is C[C@H](NCCN(C)C)C(=O)NCc1ccco1. The second kappa shape index (κ2) is 7.09. The van der Waals surface area contributed by atoms with Crippen LogP contribution in [0.2, 0.25) is 0 Å². The molecule has 2 N–H and O–H groups in total. The van der Waals surface area contributed by atoms with Gasteiger partial charge in [-0.05, 0) is 33.2 Å². The van der Waals surface area contributed by atoms with E-state index in [4.69, 9.17) is 4.42 Å². The molecule has 0 aliphatic carbocycles. The average molecular weight is 239 g/mol. The molecule has 1 rings (SSSR count). The lowest BCUT2D eigenvalue weighted by Crippen LogP contribution is -2.43. The number of carbonyl (C=O) groups is 1. The summed E-state index contributed by atoms with van der Waals surface area (Å²) in [6, 6.07) is 3.45. The van der Waals surface area contributed by atoms with Gasteiger partial charge in [-0.3, -0.25) is 4.79 Å². The Morgan fingerprint density at radius 1 is 1.53 bits per heavy atom. The first kappa shape index (κ1) is 13.7. The number of nitrogens with zero attached hydrogens (tertiary/aromatic N) is 1. The van der Waals surface area contributed by atoms with Crippen molar-refractivity contribution in [2.45, 2.75) is 19.5 Å². The number of likely N-dealkylation sites (N-methyl/N-ethyl adjacent to an activating group) is 1. The molecule has 1 aromatic heterocycles. The molecule has 1 atom stereocenters. The molecule has 0 unspecified atom stereocenters. The number of rotatable bonds is 7. The molecule has 0 aromatic carbocycles. The van der Waals surface area contributed by atoms with Crippen molar-refractivity contribution in [2.75, 3.05) is 27.2 Å². The minimum absolute atomic E-state index is 0.0137. The van der Waals surface area contributed by atoms with Gasteiger partial charge in [0, 0.05) is 13.1 Å². The second-order valence-corrected chi connectivity index (χ2v) is 4.28. The number of amides is 1. The van der Waals surface area contributed by atoms with Crippen LogP contribution in [-0.2, 0) is 11.3 Å². The van der Waals surface area contributed by atoms with Crippen LogP contribution in [0.25, 0.3) is 0 Å². The molecular weight excluding hydrogens is 218 g/mol. The van der Waals surface area contributed by atoms with Crippen molar-refractivity contribution in [2.24, 2.45) is 0 Å². The molecule has 1 amide bonds. The Bertz CT molecular complexity index is 323. The van der Waals surface area contributed by atoms with Crippen LogP contribution in [0.1, 0.15) is 12.7 Å². The van der Waals surface area contributed by atoms with E-state index in [-0.39, 0.29) is 11.9 Å². The highest BCUT2D eigenvalue weighted by Crippen LogP contribution is 1.98. The Labute approximate surface area is 102 Å². The van der Waals surface area contributed by atoms with E-state index < -0.39 is 0 Å². The fraction of sp³-hybridized carbons (Fsp3) is 0.583. The topological polar surface area (TPSA) is 57.5 Å². The maximum absolute atomic E-state index is 11.7. The molecule has 0 fully saturated rings. The summed E-state index contributed by atoms with van der Waals surface area (Å²) in [4.78, 5) is 13.8. The van der Waals surface area contributed by atoms with E-state index in [0.29, 0.717) is 6.54 Å². The number of hydrogen-bond acceptors (Lipinski definition) is 4. The maximum atomic E-state index is 11.7. The van der Waals surface area contributed by atoms with Gasteiger partial charge in [0.25, 0.3) is 0 Å². The van der Waals surface area contributed by atoms with Crippen LogP contribution in [0.3, 0.4) is 0 Å². The van der Waals surface area contributed by atoms with Crippen molar-refractivity contribution >= 4 is 5.91 Å². The summed E-state index contributed by atoms with van der Waals surface area (Å²) in [6.45, 7) is 4.00. The summed E-state index contributed by atoms with van der Waals surface area (Å²) in [5.74, 6) is 0.749. The zero-order valence-electron chi connectivity index (χ0n) is 10.7. The number of nitrogens with one attached hydrogen (secondary N) is 2. The zero-order chi connectivity index (χ0) is 12.7. The first-order valence-corrected chi connectivity index (χ1v) is 5.78. The van der Waals surface area contributed by atoms with Gasteiger partial charge < -0.3 is 20.0 Å². The van der Waals surface area contributed by atoms with Crippen molar-refractivity contribution in [1.29, 1.82) is 0 Å². The van der Waals surface area contributed by atoms with Gasteiger partial charge in [-0.15, -0.1) is 0 Å². The Morgan fingerprint density at radius 3 is 2.88 bits per heavy atom. The molecule has 0 saturated heterocycles. The first-order chi connectivity index (χ1) is 8.09. The Hall–Kier alpha value is -1.33. The molecule has 5 nitrogen and oxygen atoms in total. The average Bonchev–Trinajstić information content (AvgIpc) is 2.78. The summed E-state index contributed by atoms with van der Waals surface area (Å²) in [6.07, 6.45) is 1.60. The van der Waals surface area contributed by atoms with E-state index in [0.717, 1.165) is 18.8 Å². The van der Waals surface area contributed by atoms with Crippen LogP contribution >= 0.6 is 0 Å². The highest BCUT2D eigenvalue weighted by Gasteiger charge is 2.11.